The van der Waals surface area contributed by atoms with Gasteiger partial charge in [0.15, 0.2) is 4.77 Å². The first-order valence-corrected chi connectivity index (χ1v) is 7.38. The molecule has 5 heteroatoms. The molecule has 0 aliphatic carbocycles. The van der Waals surface area contributed by atoms with E-state index < -0.39 is 0 Å². The Morgan fingerprint density at radius 3 is 3.15 bits per heavy atom. The van der Waals surface area contributed by atoms with E-state index in [1.807, 2.05) is 18.2 Å². The first-order valence-electron chi connectivity index (χ1n) is 6.97. The summed E-state index contributed by atoms with van der Waals surface area (Å²) in [6.45, 7) is 3.85. The van der Waals surface area contributed by atoms with Gasteiger partial charge in [0.05, 0.1) is 22.7 Å². The minimum Gasteiger partial charge on any atom is -0.378 e. The van der Waals surface area contributed by atoms with E-state index in [-0.39, 0.29) is 0 Å². The van der Waals surface area contributed by atoms with Gasteiger partial charge in [-0.3, -0.25) is 0 Å². The zero-order valence-corrected chi connectivity index (χ0v) is 12.2. The molecule has 20 heavy (non-hydrogen) atoms. The number of ether oxygens (including phenoxy) is 1. The molecule has 2 heterocycles. The summed E-state index contributed by atoms with van der Waals surface area (Å²) >= 11 is 5.43. The molecule has 1 aromatic carbocycles. The van der Waals surface area contributed by atoms with Gasteiger partial charge in [-0.1, -0.05) is 13.0 Å². The fourth-order valence-electron chi connectivity index (χ4n) is 3.04. The molecule has 1 fully saturated rings. The van der Waals surface area contributed by atoms with Crippen LogP contribution in [0.1, 0.15) is 25.3 Å². The highest BCUT2D eigenvalue weighted by atomic mass is 32.1. The van der Waals surface area contributed by atoms with Crippen molar-refractivity contribution in [1.82, 2.24) is 9.55 Å². The first-order chi connectivity index (χ1) is 9.74. The van der Waals surface area contributed by atoms with Gasteiger partial charge in [-0.2, -0.15) is 5.26 Å². The van der Waals surface area contributed by atoms with E-state index in [0.29, 0.717) is 22.4 Å². The lowest BCUT2D eigenvalue weighted by Crippen LogP contribution is -2.20. The van der Waals surface area contributed by atoms with Crippen LogP contribution in [0.4, 0.5) is 0 Å². The van der Waals surface area contributed by atoms with Crippen LogP contribution in [0.2, 0.25) is 0 Å². The Kier molecular flexibility index (Phi) is 3.60. The predicted molar refractivity (Wildman–Crippen MR) is 80.0 cm³/mol. The van der Waals surface area contributed by atoms with Crippen molar-refractivity contribution in [2.24, 2.45) is 5.92 Å². The molecule has 104 valence electrons. The highest BCUT2D eigenvalue weighted by Crippen LogP contribution is 2.27. The fraction of sp³-hybridized carbons (Fsp3) is 0.467. The molecule has 0 bridgehead atoms. The van der Waals surface area contributed by atoms with Crippen LogP contribution >= 0.6 is 12.2 Å². The van der Waals surface area contributed by atoms with Crippen LogP contribution in [-0.2, 0) is 11.3 Å². The molecule has 0 saturated carbocycles. The maximum absolute atomic E-state index is 9.17. The van der Waals surface area contributed by atoms with Gasteiger partial charge in [-0.15, -0.1) is 0 Å². The second kappa shape index (κ2) is 5.39. The monoisotopic (exact) mass is 287 g/mol. The lowest BCUT2D eigenvalue weighted by atomic mass is 9.99. The average molecular weight is 287 g/mol. The van der Waals surface area contributed by atoms with E-state index in [2.05, 4.69) is 22.5 Å². The third kappa shape index (κ3) is 2.15. The maximum atomic E-state index is 9.17. The molecule has 3 rings (SSSR count). The number of nitriles is 1. The number of rotatable bonds is 3. The van der Waals surface area contributed by atoms with E-state index in [0.717, 1.165) is 37.0 Å². The van der Waals surface area contributed by atoms with Crippen molar-refractivity contribution < 1.29 is 4.74 Å². The van der Waals surface area contributed by atoms with Crippen LogP contribution in [0.15, 0.2) is 18.2 Å². The van der Waals surface area contributed by atoms with Gasteiger partial charge < -0.3 is 14.3 Å². The Balaban J connectivity index is 2.02. The van der Waals surface area contributed by atoms with Crippen molar-refractivity contribution >= 4 is 23.3 Å². The predicted octanol–water partition coefficient (Wildman–Crippen LogP) is 3.39. The Morgan fingerprint density at radius 1 is 1.55 bits per heavy atom. The molecule has 0 radical (unpaired) electrons. The summed E-state index contributed by atoms with van der Waals surface area (Å²) in [5, 5.41) is 9.17. The van der Waals surface area contributed by atoms with E-state index in [9.17, 15) is 0 Å². The molecule has 2 atom stereocenters. The van der Waals surface area contributed by atoms with Gasteiger partial charge in [0, 0.05) is 19.1 Å². The number of hydrogen-bond acceptors (Lipinski definition) is 3. The molecule has 0 spiro atoms. The van der Waals surface area contributed by atoms with Gasteiger partial charge >= 0.3 is 0 Å². The average Bonchev–Trinajstić information content (AvgIpc) is 3.04. The SMILES string of the molecule is CCC1OCCC1Cn1c(=S)[nH]c2c(C#N)cccc21. The van der Waals surface area contributed by atoms with Gasteiger partial charge in [0.1, 0.15) is 6.07 Å². The summed E-state index contributed by atoms with van der Waals surface area (Å²) in [4.78, 5) is 3.17. The van der Waals surface area contributed by atoms with Crippen molar-refractivity contribution in [3.63, 3.8) is 0 Å². The van der Waals surface area contributed by atoms with Crippen LogP contribution in [0.5, 0.6) is 0 Å². The van der Waals surface area contributed by atoms with Gasteiger partial charge in [-0.25, -0.2) is 0 Å². The van der Waals surface area contributed by atoms with E-state index >= 15 is 0 Å². The summed E-state index contributed by atoms with van der Waals surface area (Å²) in [6.07, 6.45) is 2.43. The molecule has 1 saturated heterocycles. The van der Waals surface area contributed by atoms with Gasteiger partial charge in [-0.05, 0) is 37.2 Å². The van der Waals surface area contributed by atoms with Crippen molar-refractivity contribution in [3.8, 4) is 6.07 Å². The third-order valence-corrected chi connectivity index (χ3v) is 4.42. The molecule has 4 nitrogen and oxygen atoms in total. The molecular weight excluding hydrogens is 270 g/mol. The van der Waals surface area contributed by atoms with Crippen LogP contribution in [0.3, 0.4) is 0 Å². The Labute approximate surface area is 123 Å². The Bertz CT molecular complexity index is 725. The van der Waals surface area contributed by atoms with Crippen molar-refractivity contribution in [2.75, 3.05) is 6.61 Å². The lowest BCUT2D eigenvalue weighted by Gasteiger charge is -2.17. The number of para-hydroxylation sites is 1. The minimum atomic E-state index is 0.320. The summed E-state index contributed by atoms with van der Waals surface area (Å²) in [5.41, 5.74) is 2.49. The van der Waals surface area contributed by atoms with Crippen LogP contribution < -0.4 is 0 Å². The number of aromatic nitrogens is 2. The second-order valence-electron chi connectivity index (χ2n) is 5.22. The number of fused-ring (bicyclic) bond motifs is 1. The highest BCUT2D eigenvalue weighted by molar-refractivity contribution is 7.71. The van der Waals surface area contributed by atoms with E-state index in [1.165, 1.54) is 0 Å². The Hall–Kier alpha value is -1.64. The van der Waals surface area contributed by atoms with Crippen LogP contribution in [0.25, 0.3) is 11.0 Å². The molecule has 0 amide bonds. The van der Waals surface area contributed by atoms with Gasteiger partial charge in [0.25, 0.3) is 0 Å². The maximum Gasteiger partial charge on any atom is 0.178 e. The molecular formula is C15H17N3OS. The smallest absolute Gasteiger partial charge is 0.178 e. The highest BCUT2D eigenvalue weighted by Gasteiger charge is 2.27. The standard InChI is InChI=1S/C15H17N3OS/c1-2-13-11(6-7-19-13)9-18-12-5-3-4-10(8-16)14(12)17-15(18)20/h3-5,11,13H,2,6-7,9H2,1H3,(H,17,20). The molecule has 1 aromatic heterocycles. The number of nitrogens with zero attached hydrogens (tertiary/aromatic N) is 2. The third-order valence-electron chi connectivity index (χ3n) is 4.10. The topological polar surface area (TPSA) is 53.7 Å². The normalized spacial score (nSPS) is 22.2. The molecule has 2 aromatic rings. The number of hydrogen-bond donors (Lipinski definition) is 1. The Morgan fingerprint density at radius 2 is 2.40 bits per heavy atom. The summed E-state index contributed by atoms with van der Waals surface area (Å²) in [7, 11) is 0. The number of nitrogens with one attached hydrogen (secondary N) is 1. The van der Waals surface area contributed by atoms with Crippen LogP contribution in [0, 0.1) is 22.0 Å². The quantitative estimate of drug-likeness (QED) is 0.880. The number of aromatic amines is 1. The first kappa shape index (κ1) is 13.3. The summed E-state index contributed by atoms with van der Waals surface area (Å²) in [6, 6.07) is 7.94. The molecule has 1 N–H and O–H groups in total. The van der Waals surface area contributed by atoms with Crippen molar-refractivity contribution in [3.05, 3.63) is 28.5 Å². The fourth-order valence-corrected chi connectivity index (χ4v) is 3.32. The largest absolute Gasteiger partial charge is 0.378 e. The number of imidazole rings is 1. The number of H-pyrrole nitrogens is 1. The molecule has 1 aliphatic rings. The van der Waals surface area contributed by atoms with E-state index in [1.54, 1.807) is 0 Å². The minimum absolute atomic E-state index is 0.320. The number of benzene rings is 1. The zero-order chi connectivity index (χ0) is 14.1. The molecule has 2 unspecified atom stereocenters. The zero-order valence-electron chi connectivity index (χ0n) is 11.4. The van der Waals surface area contributed by atoms with E-state index in [4.69, 9.17) is 22.2 Å². The van der Waals surface area contributed by atoms with Gasteiger partial charge in [0.2, 0.25) is 0 Å². The summed E-state index contributed by atoms with van der Waals surface area (Å²) < 4.78 is 8.54. The second-order valence-corrected chi connectivity index (χ2v) is 5.61. The van der Waals surface area contributed by atoms with Crippen molar-refractivity contribution in [2.45, 2.75) is 32.4 Å². The molecule has 1 aliphatic heterocycles. The summed E-state index contributed by atoms with van der Waals surface area (Å²) in [5.74, 6) is 0.497. The lowest BCUT2D eigenvalue weighted by molar-refractivity contribution is 0.0837. The van der Waals surface area contributed by atoms with Crippen LogP contribution in [-0.4, -0.2) is 22.3 Å². The van der Waals surface area contributed by atoms with Crippen molar-refractivity contribution in [1.29, 1.82) is 5.26 Å².